The second kappa shape index (κ2) is 6.38. The van der Waals surface area contributed by atoms with Crippen LogP contribution in [0.15, 0.2) is 30.3 Å². The summed E-state index contributed by atoms with van der Waals surface area (Å²) in [7, 11) is 1.24. The van der Waals surface area contributed by atoms with E-state index in [9.17, 15) is 14.7 Å². The maximum Gasteiger partial charge on any atom is 0.410 e. The Morgan fingerprint density at radius 2 is 2.05 bits per heavy atom. The largest absolute Gasteiger partial charge is 0.459 e. The normalized spacial score (nSPS) is 21.6. The van der Waals surface area contributed by atoms with Crippen LogP contribution < -0.4 is 0 Å². The number of methoxy groups -OCH3 is 1. The van der Waals surface area contributed by atoms with E-state index in [1.54, 1.807) is 0 Å². The van der Waals surface area contributed by atoms with Gasteiger partial charge in [-0.3, -0.25) is 4.90 Å². The molecular weight excluding hydrogens is 262 g/mol. The van der Waals surface area contributed by atoms with Crippen LogP contribution in [0.3, 0.4) is 0 Å². The molecule has 1 aliphatic heterocycles. The van der Waals surface area contributed by atoms with Gasteiger partial charge in [0.1, 0.15) is 12.6 Å². The zero-order valence-electron chi connectivity index (χ0n) is 11.2. The van der Waals surface area contributed by atoms with Crippen LogP contribution in [0, 0.1) is 0 Å². The van der Waals surface area contributed by atoms with E-state index in [0.717, 1.165) is 5.56 Å². The van der Waals surface area contributed by atoms with Gasteiger partial charge in [0, 0.05) is 6.42 Å². The quantitative estimate of drug-likeness (QED) is 0.833. The van der Waals surface area contributed by atoms with Crippen LogP contribution in [0.25, 0.3) is 0 Å². The number of rotatable bonds is 3. The number of ether oxygens (including phenoxy) is 2. The molecule has 1 fully saturated rings. The molecule has 2 unspecified atom stereocenters. The van der Waals surface area contributed by atoms with Gasteiger partial charge in [-0.05, 0) is 5.56 Å². The molecule has 1 aromatic rings. The number of aliphatic hydroxyl groups excluding tert-OH is 1. The van der Waals surface area contributed by atoms with Gasteiger partial charge in [-0.1, -0.05) is 30.3 Å². The highest BCUT2D eigenvalue weighted by atomic mass is 16.6. The molecule has 20 heavy (non-hydrogen) atoms. The average molecular weight is 279 g/mol. The SMILES string of the molecule is COC(=O)N1CC(O)CC1C(=O)OCc1ccccc1. The first-order valence-corrected chi connectivity index (χ1v) is 6.35. The monoisotopic (exact) mass is 279 g/mol. The summed E-state index contributed by atoms with van der Waals surface area (Å²) < 4.78 is 9.78. The lowest BCUT2D eigenvalue weighted by Gasteiger charge is -2.21. The van der Waals surface area contributed by atoms with Gasteiger partial charge in [-0.25, -0.2) is 9.59 Å². The van der Waals surface area contributed by atoms with E-state index in [-0.39, 0.29) is 19.6 Å². The van der Waals surface area contributed by atoms with Crippen molar-refractivity contribution in [2.24, 2.45) is 0 Å². The fraction of sp³-hybridized carbons (Fsp3) is 0.429. The van der Waals surface area contributed by atoms with Gasteiger partial charge in [0.2, 0.25) is 0 Å². The molecule has 0 aromatic heterocycles. The Labute approximate surface area is 116 Å². The predicted octanol–water partition coefficient (Wildman–Crippen LogP) is 0.931. The molecule has 0 bridgehead atoms. The lowest BCUT2D eigenvalue weighted by Crippen LogP contribution is -2.41. The number of benzene rings is 1. The zero-order chi connectivity index (χ0) is 14.5. The molecule has 1 N–H and O–H groups in total. The topological polar surface area (TPSA) is 76.1 Å². The van der Waals surface area contributed by atoms with Crippen molar-refractivity contribution in [2.75, 3.05) is 13.7 Å². The molecule has 0 saturated carbocycles. The van der Waals surface area contributed by atoms with Crippen LogP contribution in [0.2, 0.25) is 0 Å². The van der Waals surface area contributed by atoms with Crippen molar-refractivity contribution < 1.29 is 24.2 Å². The molecule has 0 aliphatic carbocycles. The van der Waals surface area contributed by atoms with E-state index in [4.69, 9.17) is 4.74 Å². The number of carbonyl (C=O) groups excluding carboxylic acids is 2. The molecule has 1 heterocycles. The van der Waals surface area contributed by atoms with Crippen LogP contribution in [0.5, 0.6) is 0 Å². The molecule has 0 radical (unpaired) electrons. The standard InChI is InChI=1S/C14H17NO5/c1-19-14(18)15-8-11(16)7-12(15)13(17)20-9-10-5-3-2-4-6-10/h2-6,11-12,16H,7-9H2,1H3. The molecule has 0 spiro atoms. The summed E-state index contributed by atoms with van der Waals surface area (Å²) in [6.45, 7) is 0.221. The van der Waals surface area contributed by atoms with Gasteiger partial charge >= 0.3 is 12.1 Å². The summed E-state index contributed by atoms with van der Waals surface area (Å²) in [5, 5.41) is 9.59. The Morgan fingerprint density at radius 3 is 2.70 bits per heavy atom. The minimum absolute atomic E-state index is 0.0811. The number of hydrogen-bond acceptors (Lipinski definition) is 5. The second-order valence-electron chi connectivity index (χ2n) is 4.62. The number of esters is 1. The summed E-state index contributed by atoms with van der Waals surface area (Å²) in [6, 6.07) is 8.47. The first-order valence-electron chi connectivity index (χ1n) is 6.35. The molecule has 108 valence electrons. The van der Waals surface area contributed by atoms with Gasteiger partial charge in [-0.15, -0.1) is 0 Å². The first kappa shape index (κ1) is 14.3. The van der Waals surface area contributed by atoms with Crippen molar-refractivity contribution in [3.63, 3.8) is 0 Å². The molecule has 2 rings (SSSR count). The molecule has 1 amide bonds. The third-order valence-corrected chi connectivity index (χ3v) is 3.18. The highest BCUT2D eigenvalue weighted by Gasteiger charge is 2.40. The number of β-amino-alcohol motifs (C(OH)–C–C–N with tert-alkyl or cyclic N) is 1. The molecule has 1 aromatic carbocycles. The minimum atomic E-state index is -0.791. The van der Waals surface area contributed by atoms with E-state index in [0.29, 0.717) is 0 Å². The van der Waals surface area contributed by atoms with Crippen molar-refractivity contribution in [2.45, 2.75) is 25.2 Å². The van der Waals surface area contributed by atoms with E-state index in [1.165, 1.54) is 12.0 Å². The molecule has 1 aliphatic rings. The summed E-state index contributed by atoms with van der Waals surface area (Å²) in [5.41, 5.74) is 0.865. The lowest BCUT2D eigenvalue weighted by molar-refractivity contribution is -0.149. The number of hydrogen-bond donors (Lipinski definition) is 1. The van der Waals surface area contributed by atoms with E-state index in [2.05, 4.69) is 4.74 Å². The Morgan fingerprint density at radius 1 is 1.35 bits per heavy atom. The van der Waals surface area contributed by atoms with Crippen LogP contribution in [-0.4, -0.2) is 47.9 Å². The Balaban J connectivity index is 1.95. The van der Waals surface area contributed by atoms with Gasteiger partial charge in [0.15, 0.2) is 0 Å². The van der Waals surface area contributed by atoms with E-state index in [1.807, 2.05) is 30.3 Å². The van der Waals surface area contributed by atoms with Gasteiger partial charge in [0.25, 0.3) is 0 Å². The number of amides is 1. The van der Waals surface area contributed by atoms with Crippen LogP contribution in [-0.2, 0) is 20.9 Å². The fourth-order valence-corrected chi connectivity index (χ4v) is 2.18. The van der Waals surface area contributed by atoms with Crippen molar-refractivity contribution in [1.29, 1.82) is 0 Å². The Hall–Kier alpha value is -2.08. The van der Waals surface area contributed by atoms with Crippen molar-refractivity contribution in [3.8, 4) is 0 Å². The zero-order valence-corrected chi connectivity index (χ0v) is 11.2. The summed E-state index contributed by atoms with van der Waals surface area (Å²) in [5.74, 6) is -0.532. The third-order valence-electron chi connectivity index (χ3n) is 3.18. The van der Waals surface area contributed by atoms with E-state index < -0.39 is 24.2 Å². The van der Waals surface area contributed by atoms with Gasteiger partial charge < -0.3 is 14.6 Å². The maximum atomic E-state index is 12.0. The fourth-order valence-electron chi connectivity index (χ4n) is 2.18. The van der Waals surface area contributed by atoms with Crippen molar-refractivity contribution in [1.82, 2.24) is 4.90 Å². The highest BCUT2D eigenvalue weighted by Crippen LogP contribution is 2.20. The summed E-state index contributed by atoms with van der Waals surface area (Å²) >= 11 is 0. The molecule has 1 saturated heterocycles. The van der Waals surface area contributed by atoms with Crippen LogP contribution >= 0.6 is 0 Å². The van der Waals surface area contributed by atoms with Crippen LogP contribution in [0.4, 0.5) is 4.79 Å². The van der Waals surface area contributed by atoms with Crippen LogP contribution in [0.1, 0.15) is 12.0 Å². The number of nitrogens with zero attached hydrogens (tertiary/aromatic N) is 1. The van der Waals surface area contributed by atoms with Crippen molar-refractivity contribution >= 4 is 12.1 Å². The summed E-state index contributed by atoms with van der Waals surface area (Å²) in [6.07, 6.45) is -1.20. The highest BCUT2D eigenvalue weighted by molar-refractivity contribution is 5.82. The molecule has 6 nitrogen and oxygen atoms in total. The number of carbonyl (C=O) groups is 2. The smallest absolute Gasteiger partial charge is 0.410 e. The van der Waals surface area contributed by atoms with E-state index >= 15 is 0 Å². The second-order valence-corrected chi connectivity index (χ2v) is 4.62. The minimum Gasteiger partial charge on any atom is -0.459 e. The number of aliphatic hydroxyl groups is 1. The Bertz CT molecular complexity index is 476. The predicted molar refractivity (Wildman–Crippen MR) is 69.8 cm³/mol. The average Bonchev–Trinajstić information content (AvgIpc) is 2.87. The summed E-state index contributed by atoms with van der Waals surface area (Å²) in [4.78, 5) is 24.7. The third kappa shape index (κ3) is 3.27. The molecule has 2 atom stereocenters. The maximum absolute atomic E-state index is 12.0. The Kier molecular flexibility index (Phi) is 4.57. The number of likely N-dealkylation sites (tertiary alicyclic amines) is 1. The first-order chi connectivity index (χ1) is 9.61. The lowest BCUT2D eigenvalue weighted by atomic mass is 10.2. The molecular formula is C14H17NO5. The molecule has 6 heteroatoms. The van der Waals surface area contributed by atoms with Gasteiger partial charge in [-0.2, -0.15) is 0 Å². The van der Waals surface area contributed by atoms with Gasteiger partial charge in [0.05, 0.1) is 19.8 Å². The van der Waals surface area contributed by atoms with Crippen molar-refractivity contribution in [3.05, 3.63) is 35.9 Å².